The Morgan fingerprint density at radius 1 is 1.47 bits per heavy atom. The SMILES string of the molecule is CCCOc1ccccc1C1CN=C(N)NC1. The minimum atomic E-state index is 0.343. The van der Waals surface area contributed by atoms with Crippen LogP contribution in [0.4, 0.5) is 0 Å². The van der Waals surface area contributed by atoms with E-state index in [0.717, 1.165) is 31.9 Å². The van der Waals surface area contributed by atoms with Crippen molar-refractivity contribution < 1.29 is 4.74 Å². The van der Waals surface area contributed by atoms with Gasteiger partial charge < -0.3 is 15.8 Å². The van der Waals surface area contributed by atoms with E-state index >= 15 is 0 Å². The predicted octanol–water partition coefficient (Wildman–Crippen LogP) is 1.48. The first-order chi connectivity index (χ1) is 8.31. The van der Waals surface area contributed by atoms with Gasteiger partial charge in [0.2, 0.25) is 0 Å². The van der Waals surface area contributed by atoms with Crippen molar-refractivity contribution in [3.8, 4) is 5.75 Å². The highest BCUT2D eigenvalue weighted by Crippen LogP contribution is 2.27. The molecule has 0 saturated carbocycles. The molecule has 1 unspecified atom stereocenters. The number of guanidine groups is 1. The second-order valence-electron chi connectivity index (χ2n) is 4.19. The lowest BCUT2D eigenvalue weighted by Gasteiger charge is -2.23. The van der Waals surface area contributed by atoms with Gasteiger partial charge in [-0.25, -0.2) is 0 Å². The van der Waals surface area contributed by atoms with Crippen LogP contribution < -0.4 is 15.8 Å². The molecule has 0 radical (unpaired) electrons. The minimum absolute atomic E-state index is 0.343. The minimum Gasteiger partial charge on any atom is -0.493 e. The Labute approximate surface area is 102 Å². The van der Waals surface area contributed by atoms with Crippen molar-refractivity contribution in [2.24, 2.45) is 10.7 Å². The molecule has 0 amide bonds. The summed E-state index contributed by atoms with van der Waals surface area (Å²) in [5.41, 5.74) is 6.81. The van der Waals surface area contributed by atoms with Gasteiger partial charge in [-0.3, -0.25) is 4.99 Å². The summed E-state index contributed by atoms with van der Waals surface area (Å²) in [6.07, 6.45) is 1.02. The topological polar surface area (TPSA) is 59.6 Å². The van der Waals surface area contributed by atoms with Crippen LogP contribution >= 0.6 is 0 Å². The van der Waals surface area contributed by atoms with Gasteiger partial charge in [0.25, 0.3) is 0 Å². The zero-order chi connectivity index (χ0) is 12.1. The van der Waals surface area contributed by atoms with Crippen LogP contribution in [0.5, 0.6) is 5.75 Å². The maximum absolute atomic E-state index is 5.76. The Kier molecular flexibility index (Phi) is 3.85. The quantitative estimate of drug-likeness (QED) is 0.828. The maximum Gasteiger partial charge on any atom is 0.188 e. The molecular weight excluding hydrogens is 214 g/mol. The summed E-state index contributed by atoms with van der Waals surface area (Å²) in [4.78, 5) is 4.24. The van der Waals surface area contributed by atoms with E-state index in [-0.39, 0.29) is 0 Å². The smallest absolute Gasteiger partial charge is 0.188 e. The summed E-state index contributed by atoms with van der Waals surface area (Å²) in [7, 11) is 0. The lowest BCUT2D eigenvalue weighted by atomic mass is 9.97. The van der Waals surface area contributed by atoms with E-state index in [1.165, 1.54) is 5.56 Å². The molecule has 3 N–H and O–H groups in total. The second kappa shape index (κ2) is 5.57. The average molecular weight is 233 g/mol. The molecular formula is C13H19N3O. The molecule has 1 heterocycles. The molecule has 2 rings (SSSR count). The van der Waals surface area contributed by atoms with Crippen molar-refractivity contribution in [1.29, 1.82) is 0 Å². The number of aliphatic imine (C=N–C) groups is 1. The van der Waals surface area contributed by atoms with Crippen molar-refractivity contribution in [3.63, 3.8) is 0 Å². The van der Waals surface area contributed by atoms with E-state index in [1.54, 1.807) is 0 Å². The number of hydrogen-bond acceptors (Lipinski definition) is 4. The molecule has 0 saturated heterocycles. The monoisotopic (exact) mass is 233 g/mol. The molecule has 1 aliphatic heterocycles. The standard InChI is InChI=1S/C13H19N3O/c1-2-7-17-12-6-4-3-5-11(12)10-8-15-13(14)16-9-10/h3-6,10H,2,7-9H2,1H3,(H3,14,15,16). The van der Waals surface area contributed by atoms with Crippen LogP contribution in [0, 0.1) is 0 Å². The molecule has 1 atom stereocenters. The lowest BCUT2D eigenvalue weighted by Crippen LogP contribution is -2.39. The number of ether oxygens (including phenoxy) is 1. The molecule has 92 valence electrons. The van der Waals surface area contributed by atoms with E-state index in [1.807, 2.05) is 18.2 Å². The van der Waals surface area contributed by atoms with Crippen LogP contribution in [-0.4, -0.2) is 25.7 Å². The summed E-state index contributed by atoms with van der Waals surface area (Å²) < 4.78 is 5.76. The first kappa shape index (κ1) is 11.8. The number of benzene rings is 1. The van der Waals surface area contributed by atoms with Crippen molar-refractivity contribution in [1.82, 2.24) is 5.32 Å². The molecule has 1 aromatic rings. The van der Waals surface area contributed by atoms with E-state index in [4.69, 9.17) is 10.5 Å². The number of rotatable bonds is 4. The average Bonchev–Trinajstić information content (AvgIpc) is 2.38. The number of para-hydroxylation sites is 1. The van der Waals surface area contributed by atoms with Crippen LogP contribution in [0.1, 0.15) is 24.8 Å². The molecule has 0 bridgehead atoms. The lowest BCUT2D eigenvalue weighted by molar-refractivity contribution is 0.312. The van der Waals surface area contributed by atoms with Crippen LogP contribution in [0.25, 0.3) is 0 Å². The predicted molar refractivity (Wildman–Crippen MR) is 69.5 cm³/mol. The molecule has 0 aromatic heterocycles. The third-order valence-electron chi connectivity index (χ3n) is 2.83. The normalized spacial score (nSPS) is 19.4. The van der Waals surface area contributed by atoms with Crippen molar-refractivity contribution in [2.75, 3.05) is 19.7 Å². The fraction of sp³-hybridized carbons (Fsp3) is 0.462. The van der Waals surface area contributed by atoms with Gasteiger partial charge in [-0.2, -0.15) is 0 Å². The summed E-state index contributed by atoms with van der Waals surface area (Å²) in [6.45, 7) is 4.41. The Morgan fingerprint density at radius 3 is 3.00 bits per heavy atom. The molecule has 0 aliphatic carbocycles. The molecule has 0 spiro atoms. The molecule has 0 fully saturated rings. The van der Waals surface area contributed by atoms with Crippen LogP contribution in [0.3, 0.4) is 0 Å². The number of nitrogens with one attached hydrogen (secondary N) is 1. The number of hydrogen-bond donors (Lipinski definition) is 2. The van der Waals surface area contributed by atoms with Gasteiger partial charge >= 0.3 is 0 Å². The van der Waals surface area contributed by atoms with Crippen molar-refractivity contribution in [2.45, 2.75) is 19.3 Å². The van der Waals surface area contributed by atoms with Crippen molar-refractivity contribution >= 4 is 5.96 Å². The summed E-state index contributed by atoms with van der Waals surface area (Å²) in [6, 6.07) is 8.17. The van der Waals surface area contributed by atoms with Gasteiger partial charge in [-0.1, -0.05) is 25.1 Å². The molecule has 17 heavy (non-hydrogen) atoms. The van der Waals surface area contributed by atoms with Gasteiger partial charge in [-0.15, -0.1) is 0 Å². The van der Waals surface area contributed by atoms with Crippen molar-refractivity contribution in [3.05, 3.63) is 29.8 Å². The highest BCUT2D eigenvalue weighted by Gasteiger charge is 2.18. The molecule has 1 aliphatic rings. The zero-order valence-electron chi connectivity index (χ0n) is 10.1. The molecule has 1 aromatic carbocycles. The molecule has 4 nitrogen and oxygen atoms in total. The number of nitrogens with two attached hydrogens (primary N) is 1. The van der Waals surface area contributed by atoms with Crippen LogP contribution in [-0.2, 0) is 0 Å². The highest BCUT2D eigenvalue weighted by atomic mass is 16.5. The summed E-state index contributed by atoms with van der Waals surface area (Å²) >= 11 is 0. The fourth-order valence-corrected chi connectivity index (χ4v) is 1.93. The Morgan fingerprint density at radius 2 is 2.29 bits per heavy atom. The Hall–Kier alpha value is -1.71. The van der Waals surface area contributed by atoms with E-state index in [0.29, 0.717) is 11.9 Å². The van der Waals surface area contributed by atoms with Gasteiger partial charge in [-0.05, 0) is 12.5 Å². The van der Waals surface area contributed by atoms with Crippen LogP contribution in [0.15, 0.2) is 29.3 Å². The first-order valence-electron chi connectivity index (χ1n) is 6.06. The summed E-state index contributed by atoms with van der Waals surface area (Å²) in [5, 5.41) is 3.09. The summed E-state index contributed by atoms with van der Waals surface area (Å²) in [5.74, 6) is 1.85. The second-order valence-corrected chi connectivity index (χ2v) is 4.19. The number of nitrogens with zero attached hydrogens (tertiary/aromatic N) is 1. The fourth-order valence-electron chi connectivity index (χ4n) is 1.93. The third kappa shape index (κ3) is 2.90. The largest absolute Gasteiger partial charge is 0.493 e. The van der Waals surface area contributed by atoms with Gasteiger partial charge in [0.15, 0.2) is 5.96 Å². The molecule has 4 heteroatoms. The van der Waals surface area contributed by atoms with Gasteiger partial charge in [0.1, 0.15) is 5.75 Å². The maximum atomic E-state index is 5.76. The van der Waals surface area contributed by atoms with Crippen LogP contribution in [0.2, 0.25) is 0 Å². The van der Waals surface area contributed by atoms with E-state index in [9.17, 15) is 0 Å². The third-order valence-corrected chi connectivity index (χ3v) is 2.83. The highest BCUT2D eigenvalue weighted by molar-refractivity contribution is 5.78. The van der Waals surface area contributed by atoms with Gasteiger partial charge in [0.05, 0.1) is 13.2 Å². The Bertz CT molecular complexity index is 403. The van der Waals surface area contributed by atoms with Gasteiger partial charge in [0, 0.05) is 18.0 Å². The zero-order valence-corrected chi connectivity index (χ0v) is 10.1. The van der Waals surface area contributed by atoms with E-state index in [2.05, 4.69) is 23.3 Å². The Balaban J connectivity index is 2.14. The van der Waals surface area contributed by atoms with E-state index < -0.39 is 0 Å². The first-order valence-corrected chi connectivity index (χ1v) is 6.06.